The van der Waals surface area contributed by atoms with E-state index in [1.165, 1.54) is 16.9 Å². The van der Waals surface area contributed by atoms with Gasteiger partial charge < -0.3 is 32.7 Å². The lowest BCUT2D eigenvalue weighted by Crippen LogP contribution is -2.58. The highest BCUT2D eigenvalue weighted by Crippen LogP contribution is 2.29. The molecule has 0 spiro atoms. The van der Waals surface area contributed by atoms with Gasteiger partial charge in [-0.3, -0.25) is 24.0 Å². The van der Waals surface area contributed by atoms with Crippen molar-refractivity contribution in [2.75, 3.05) is 6.54 Å². The van der Waals surface area contributed by atoms with Crippen LogP contribution >= 0.6 is 11.3 Å². The van der Waals surface area contributed by atoms with Crippen LogP contribution in [0.25, 0.3) is 10.2 Å². The van der Waals surface area contributed by atoms with Gasteiger partial charge in [0.05, 0.1) is 15.2 Å². The Bertz CT molecular complexity index is 1440. The summed E-state index contributed by atoms with van der Waals surface area (Å²) in [5, 5.41) is 12.1. The number of nitrogens with one attached hydrogen (secondary N) is 4. The first-order chi connectivity index (χ1) is 23.8. The number of amides is 5. The third-order valence-corrected chi connectivity index (χ3v) is 10.4. The Labute approximate surface area is 301 Å². The summed E-state index contributed by atoms with van der Waals surface area (Å²) in [6.07, 6.45) is 7.76. The Morgan fingerprint density at radius 2 is 1.50 bits per heavy atom. The van der Waals surface area contributed by atoms with E-state index < -0.39 is 47.8 Å². The number of carbonyl (C=O) groups is 5. The molecule has 0 aliphatic heterocycles. The van der Waals surface area contributed by atoms with E-state index in [1.807, 2.05) is 19.9 Å². The molecule has 0 saturated heterocycles. The number of primary amides is 1. The minimum absolute atomic E-state index is 0.106. The monoisotopic (exact) mass is 713 g/mol. The fourth-order valence-corrected chi connectivity index (χ4v) is 7.46. The Morgan fingerprint density at radius 1 is 0.860 bits per heavy atom. The van der Waals surface area contributed by atoms with Gasteiger partial charge in [0.25, 0.3) is 0 Å². The van der Waals surface area contributed by atoms with Gasteiger partial charge in [0.15, 0.2) is 0 Å². The quantitative estimate of drug-likeness (QED) is 0.112. The molecular weight excluding hydrogens is 655 g/mol. The molecule has 4 atom stereocenters. The van der Waals surface area contributed by atoms with Crippen molar-refractivity contribution in [1.82, 2.24) is 26.3 Å². The number of hydrogen-bond donors (Lipinski definition) is 6. The summed E-state index contributed by atoms with van der Waals surface area (Å²) < 4.78 is 1.01. The smallest absolute Gasteiger partial charge is 0.243 e. The van der Waals surface area contributed by atoms with Crippen molar-refractivity contribution >= 4 is 51.1 Å². The molecule has 3 rings (SSSR count). The van der Waals surface area contributed by atoms with Crippen molar-refractivity contribution in [2.45, 2.75) is 142 Å². The van der Waals surface area contributed by atoms with Crippen molar-refractivity contribution in [3.05, 3.63) is 28.8 Å². The van der Waals surface area contributed by atoms with Crippen LogP contribution in [-0.2, 0) is 30.4 Å². The van der Waals surface area contributed by atoms with E-state index in [4.69, 9.17) is 16.5 Å². The molecule has 2 aromatic rings. The SMILES string of the molecule is CCC(=O)N[C@@H](Cc1nc2ccc(C(C)C)cc2s1)C(=O)N[C@@H](CC1CCCCC1)C(=O)N[C@@H](CCCCN)C(=O)N[C@@H](CC(C)C)C(N)=O. The number of aromatic nitrogens is 1. The first-order valence-electron chi connectivity index (χ1n) is 18.4. The summed E-state index contributed by atoms with van der Waals surface area (Å²) in [6, 6.07) is 2.41. The van der Waals surface area contributed by atoms with Crippen molar-refractivity contribution in [1.29, 1.82) is 0 Å². The molecule has 278 valence electrons. The lowest BCUT2D eigenvalue weighted by Gasteiger charge is -2.29. The third kappa shape index (κ3) is 12.9. The van der Waals surface area contributed by atoms with Gasteiger partial charge in [-0.1, -0.05) is 72.8 Å². The van der Waals surface area contributed by atoms with E-state index in [9.17, 15) is 24.0 Å². The predicted octanol–water partition coefficient (Wildman–Crippen LogP) is 3.94. The molecule has 0 unspecified atom stereocenters. The lowest BCUT2D eigenvalue weighted by molar-refractivity contribution is -0.134. The van der Waals surface area contributed by atoms with Crippen LogP contribution in [0.3, 0.4) is 0 Å². The van der Waals surface area contributed by atoms with Crippen molar-refractivity contribution in [3.63, 3.8) is 0 Å². The molecule has 0 bridgehead atoms. The third-order valence-electron chi connectivity index (χ3n) is 9.35. The zero-order chi connectivity index (χ0) is 36.8. The zero-order valence-electron chi connectivity index (χ0n) is 30.5. The van der Waals surface area contributed by atoms with Crippen LogP contribution in [0.2, 0.25) is 0 Å². The van der Waals surface area contributed by atoms with E-state index in [-0.39, 0.29) is 30.6 Å². The van der Waals surface area contributed by atoms with Crippen molar-refractivity contribution in [2.24, 2.45) is 23.3 Å². The van der Waals surface area contributed by atoms with Crippen molar-refractivity contribution < 1.29 is 24.0 Å². The number of hydrogen-bond acceptors (Lipinski definition) is 8. The molecule has 13 heteroatoms. The van der Waals surface area contributed by atoms with Crippen LogP contribution in [0.15, 0.2) is 18.2 Å². The van der Waals surface area contributed by atoms with E-state index >= 15 is 0 Å². The first-order valence-corrected chi connectivity index (χ1v) is 19.2. The fraction of sp³-hybridized carbons (Fsp3) is 0.676. The van der Waals surface area contributed by atoms with Gasteiger partial charge in [0.2, 0.25) is 29.5 Å². The predicted molar refractivity (Wildman–Crippen MR) is 198 cm³/mol. The molecule has 1 aliphatic rings. The van der Waals surface area contributed by atoms with Gasteiger partial charge in [-0.15, -0.1) is 11.3 Å². The molecule has 1 aromatic heterocycles. The highest BCUT2D eigenvalue weighted by Gasteiger charge is 2.33. The largest absolute Gasteiger partial charge is 0.368 e. The minimum atomic E-state index is -0.956. The maximum atomic E-state index is 14.0. The number of benzene rings is 1. The van der Waals surface area contributed by atoms with Gasteiger partial charge in [-0.2, -0.15) is 0 Å². The summed E-state index contributed by atoms with van der Waals surface area (Å²) in [5.41, 5.74) is 13.3. The summed E-state index contributed by atoms with van der Waals surface area (Å²) in [6.45, 7) is 10.3. The normalized spacial score (nSPS) is 16.1. The Morgan fingerprint density at radius 3 is 2.12 bits per heavy atom. The van der Waals surface area contributed by atoms with Gasteiger partial charge >= 0.3 is 0 Å². The average molecular weight is 714 g/mol. The second kappa shape index (κ2) is 20.3. The molecular formula is C37H59N7O5S. The maximum Gasteiger partial charge on any atom is 0.243 e. The van der Waals surface area contributed by atoms with Crippen LogP contribution in [0.1, 0.15) is 122 Å². The highest BCUT2D eigenvalue weighted by atomic mass is 32.1. The first kappa shape index (κ1) is 40.8. The van der Waals surface area contributed by atoms with Crippen LogP contribution in [0.5, 0.6) is 0 Å². The number of rotatable bonds is 20. The van der Waals surface area contributed by atoms with E-state index in [0.717, 1.165) is 42.3 Å². The Balaban J connectivity index is 1.85. The van der Waals surface area contributed by atoms with Gasteiger partial charge in [0.1, 0.15) is 24.2 Å². The zero-order valence-corrected chi connectivity index (χ0v) is 31.3. The van der Waals surface area contributed by atoms with E-state index in [0.29, 0.717) is 49.6 Å². The lowest BCUT2D eigenvalue weighted by atomic mass is 9.84. The number of carbonyl (C=O) groups excluding carboxylic acids is 5. The molecule has 0 radical (unpaired) electrons. The number of unbranched alkanes of at least 4 members (excludes halogenated alkanes) is 1. The Hall–Kier alpha value is -3.58. The molecule has 5 amide bonds. The van der Waals surface area contributed by atoms with Crippen LogP contribution < -0.4 is 32.7 Å². The van der Waals surface area contributed by atoms with Gasteiger partial charge in [-0.25, -0.2) is 4.98 Å². The molecule has 1 heterocycles. The Kier molecular flexibility index (Phi) is 16.6. The molecule has 1 fully saturated rings. The number of thiazole rings is 1. The maximum absolute atomic E-state index is 14.0. The van der Waals surface area contributed by atoms with E-state index in [1.54, 1.807) is 6.92 Å². The number of nitrogens with zero attached hydrogens (tertiary/aromatic N) is 1. The standard InChI is InChI=1S/C37H59N7O5S/c1-6-32(45)40-30(21-33-41-26-16-15-25(23(4)5)20-31(26)50-33)37(49)44-29(19-24-12-8-7-9-13-24)36(48)42-27(14-10-11-17-38)35(47)43-28(34(39)46)18-22(2)3/h15-16,20,22-24,27-30H,6-14,17-19,21,38H2,1-5H3,(H2,39,46)(H,40,45)(H,42,48)(H,43,47)(H,44,49)/t27-,28-,29-,30-/m0/s1. The second-order valence-electron chi connectivity index (χ2n) is 14.4. The number of fused-ring (bicyclic) bond motifs is 1. The van der Waals surface area contributed by atoms with Crippen LogP contribution in [-0.4, -0.2) is 65.2 Å². The summed E-state index contributed by atoms with van der Waals surface area (Å²) in [5.74, 6) is -1.73. The van der Waals surface area contributed by atoms with E-state index in [2.05, 4.69) is 47.2 Å². The average Bonchev–Trinajstić information content (AvgIpc) is 3.48. The van der Waals surface area contributed by atoms with Gasteiger partial charge in [0, 0.05) is 12.8 Å². The molecule has 1 aliphatic carbocycles. The molecule has 50 heavy (non-hydrogen) atoms. The molecule has 8 N–H and O–H groups in total. The topological polar surface area (TPSA) is 198 Å². The summed E-state index contributed by atoms with van der Waals surface area (Å²) in [4.78, 5) is 71.0. The number of nitrogens with two attached hydrogens (primary N) is 2. The van der Waals surface area contributed by atoms with Crippen molar-refractivity contribution in [3.8, 4) is 0 Å². The highest BCUT2D eigenvalue weighted by molar-refractivity contribution is 7.18. The molecule has 12 nitrogen and oxygen atoms in total. The molecule has 1 aromatic carbocycles. The van der Waals surface area contributed by atoms with Crippen LogP contribution in [0.4, 0.5) is 0 Å². The van der Waals surface area contributed by atoms with Gasteiger partial charge in [-0.05, 0) is 74.1 Å². The molecule has 1 saturated carbocycles. The summed E-state index contributed by atoms with van der Waals surface area (Å²) >= 11 is 1.49. The minimum Gasteiger partial charge on any atom is -0.368 e. The van der Waals surface area contributed by atoms with Crippen LogP contribution in [0, 0.1) is 11.8 Å². The summed E-state index contributed by atoms with van der Waals surface area (Å²) in [7, 11) is 0. The second-order valence-corrected chi connectivity index (χ2v) is 15.5. The fourth-order valence-electron chi connectivity index (χ4n) is 6.40.